The van der Waals surface area contributed by atoms with E-state index in [-0.39, 0.29) is 16.3 Å². The predicted octanol–water partition coefficient (Wildman–Crippen LogP) is 3.03. The second-order valence-corrected chi connectivity index (χ2v) is 4.58. The number of hydrogen-bond acceptors (Lipinski definition) is 3. The molecule has 0 radical (unpaired) electrons. The quantitative estimate of drug-likeness (QED) is 0.797. The Hall–Kier alpha value is -1.29. The van der Waals surface area contributed by atoms with Crippen LogP contribution in [-0.4, -0.2) is 21.6 Å². The molecule has 1 aromatic heterocycles. The molecule has 1 rings (SSSR count). The minimum absolute atomic E-state index is 0.130. The lowest BCUT2D eigenvalue weighted by Gasteiger charge is -2.26. The molecule has 0 aliphatic heterocycles. The van der Waals surface area contributed by atoms with Gasteiger partial charge in [-0.2, -0.15) is 0 Å². The first-order chi connectivity index (χ1) is 7.35. The van der Waals surface area contributed by atoms with Gasteiger partial charge in [0.2, 0.25) is 0 Å². The van der Waals surface area contributed by atoms with Crippen LogP contribution in [0, 0.1) is 0 Å². The maximum atomic E-state index is 11.0. The summed E-state index contributed by atoms with van der Waals surface area (Å²) in [5.41, 5.74) is -0.0899. The largest absolute Gasteiger partial charge is 0.478 e. The zero-order valence-corrected chi connectivity index (χ0v) is 10.3. The monoisotopic (exact) mass is 242 g/mol. The number of halogens is 1. The third-order valence-electron chi connectivity index (χ3n) is 2.43. The summed E-state index contributed by atoms with van der Waals surface area (Å²) in [7, 11) is 0. The predicted molar refractivity (Wildman–Crippen MR) is 64.2 cm³/mol. The van der Waals surface area contributed by atoms with Crippen LogP contribution in [0.25, 0.3) is 0 Å². The molecule has 5 heteroatoms. The molecule has 1 aromatic rings. The smallest absolute Gasteiger partial charge is 0.339 e. The van der Waals surface area contributed by atoms with E-state index in [0.29, 0.717) is 5.82 Å². The molecule has 0 aromatic carbocycles. The highest BCUT2D eigenvalue weighted by atomic mass is 35.5. The molecule has 0 saturated heterocycles. The third-order valence-corrected chi connectivity index (χ3v) is 2.64. The van der Waals surface area contributed by atoms with Gasteiger partial charge in [0.25, 0.3) is 0 Å². The normalized spacial score (nSPS) is 11.2. The van der Waals surface area contributed by atoms with Gasteiger partial charge in [-0.05, 0) is 32.4 Å². The van der Waals surface area contributed by atoms with Crippen LogP contribution < -0.4 is 5.32 Å². The van der Waals surface area contributed by atoms with Crippen molar-refractivity contribution in [2.24, 2.45) is 0 Å². The van der Waals surface area contributed by atoms with Crippen LogP contribution in [0.5, 0.6) is 0 Å². The molecule has 0 aliphatic carbocycles. The highest BCUT2D eigenvalue weighted by Crippen LogP contribution is 2.22. The van der Waals surface area contributed by atoms with Crippen molar-refractivity contribution >= 4 is 23.4 Å². The number of pyridine rings is 1. The van der Waals surface area contributed by atoms with Crippen molar-refractivity contribution in [1.29, 1.82) is 0 Å². The number of nitrogens with one attached hydrogen (secondary N) is 1. The molecule has 16 heavy (non-hydrogen) atoms. The Kier molecular flexibility index (Phi) is 3.75. The van der Waals surface area contributed by atoms with Crippen LogP contribution in [0.3, 0.4) is 0 Å². The Morgan fingerprint density at radius 3 is 2.69 bits per heavy atom. The highest BCUT2D eigenvalue weighted by Gasteiger charge is 2.19. The molecule has 0 aliphatic rings. The lowest BCUT2D eigenvalue weighted by Crippen LogP contribution is -2.31. The number of carboxylic acid groups (broad SMARTS) is 1. The minimum Gasteiger partial charge on any atom is -0.478 e. The summed E-state index contributed by atoms with van der Waals surface area (Å²) < 4.78 is 0. The fraction of sp³-hybridized carbons (Fsp3) is 0.455. The van der Waals surface area contributed by atoms with Crippen LogP contribution in [-0.2, 0) is 0 Å². The second kappa shape index (κ2) is 4.70. The van der Waals surface area contributed by atoms with E-state index in [2.05, 4.69) is 10.3 Å². The first-order valence-electron chi connectivity index (χ1n) is 5.04. The molecule has 0 atom stereocenters. The van der Waals surface area contributed by atoms with Gasteiger partial charge in [-0.25, -0.2) is 9.78 Å². The number of aromatic carboxylic acids is 1. The minimum atomic E-state index is -1.02. The summed E-state index contributed by atoms with van der Waals surface area (Å²) in [5.74, 6) is -0.703. The Morgan fingerprint density at radius 2 is 2.19 bits per heavy atom. The van der Waals surface area contributed by atoms with E-state index < -0.39 is 5.97 Å². The molecule has 2 N–H and O–H groups in total. The Balaban J connectivity index is 3.10. The fourth-order valence-electron chi connectivity index (χ4n) is 1.11. The van der Waals surface area contributed by atoms with Gasteiger partial charge in [-0.1, -0.05) is 18.5 Å². The number of carboxylic acids is 1. The van der Waals surface area contributed by atoms with Crippen LogP contribution >= 0.6 is 11.6 Å². The molecule has 0 bridgehead atoms. The van der Waals surface area contributed by atoms with Gasteiger partial charge in [0.1, 0.15) is 16.5 Å². The average molecular weight is 243 g/mol. The first kappa shape index (κ1) is 12.8. The van der Waals surface area contributed by atoms with Gasteiger partial charge in [0.05, 0.1) is 0 Å². The lowest BCUT2D eigenvalue weighted by molar-refractivity contribution is 0.0697. The first-order valence-corrected chi connectivity index (χ1v) is 5.41. The van der Waals surface area contributed by atoms with E-state index in [1.165, 1.54) is 12.1 Å². The van der Waals surface area contributed by atoms with Crippen molar-refractivity contribution in [2.45, 2.75) is 32.7 Å². The lowest BCUT2D eigenvalue weighted by atomic mass is 10.0. The Morgan fingerprint density at radius 1 is 1.56 bits per heavy atom. The molecule has 1 heterocycles. The average Bonchev–Trinajstić information content (AvgIpc) is 2.16. The van der Waals surface area contributed by atoms with E-state index in [0.717, 1.165) is 6.42 Å². The molecule has 0 fully saturated rings. The van der Waals surface area contributed by atoms with Gasteiger partial charge < -0.3 is 10.4 Å². The van der Waals surface area contributed by atoms with Crippen molar-refractivity contribution in [3.05, 3.63) is 22.8 Å². The zero-order chi connectivity index (χ0) is 12.3. The van der Waals surface area contributed by atoms with E-state index >= 15 is 0 Å². The highest BCUT2D eigenvalue weighted by molar-refractivity contribution is 6.29. The maximum absolute atomic E-state index is 11.0. The van der Waals surface area contributed by atoms with Crippen molar-refractivity contribution in [3.63, 3.8) is 0 Å². The summed E-state index contributed by atoms with van der Waals surface area (Å²) in [5, 5.41) is 12.4. The molecule has 0 amide bonds. The summed E-state index contributed by atoms with van der Waals surface area (Å²) >= 11 is 5.75. The number of rotatable bonds is 4. The van der Waals surface area contributed by atoms with Gasteiger partial charge in [0, 0.05) is 5.54 Å². The van der Waals surface area contributed by atoms with Crippen molar-refractivity contribution in [2.75, 3.05) is 5.32 Å². The zero-order valence-electron chi connectivity index (χ0n) is 9.54. The molecule has 4 nitrogen and oxygen atoms in total. The van der Waals surface area contributed by atoms with E-state index in [1.807, 2.05) is 20.8 Å². The number of carbonyl (C=O) groups is 1. The van der Waals surface area contributed by atoms with E-state index in [9.17, 15) is 4.79 Å². The van der Waals surface area contributed by atoms with Crippen molar-refractivity contribution in [3.8, 4) is 0 Å². The molecule has 88 valence electrons. The van der Waals surface area contributed by atoms with E-state index in [1.54, 1.807) is 0 Å². The SMILES string of the molecule is CCC(C)(C)Nc1nc(Cl)ccc1C(=O)O. The summed E-state index contributed by atoms with van der Waals surface area (Å²) in [6, 6.07) is 2.92. The second-order valence-electron chi connectivity index (χ2n) is 4.20. The van der Waals surface area contributed by atoms with Crippen LogP contribution in [0.4, 0.5) is 5.82 Å². The Bertz CT molecular complexity index is 405. The molecular weight excluding hydrogens is 228 g/mol. The summed E-state index contributed by atoms with van der Waals surface area (Å²) in [6.45, 7) is 5.96. The number of nitrogens with zero attached hydrogens (tertiary/aromatic N) is 1. The molecule has 0 spiro atoms. The number of anilines is 1. The standard InChI is InChI=1S/C11H15ClN2O2/c1-4-11(2,3)14-9-7(10(15)16)5-6-8(12)13-9/h5-6H,4H2,1-3H3,(H,13,14)(H,15,16). The fourth-order valence-corrected chi connectivity index (χ4v) is 1.26. The van der Waals surface area contributed by atoms with Crippen LogP contribution in [0.1, 0.15) is 37.6 Å². The van der Waals surface area contributed by atoms with Gasteiger partial charge in [-0.15, -0.1) is 0 Å². The maximum Gasteiger partial charge on any atom is 0.339 e. The topological polar surface area (TPSA) is 62.2 Å². The molecular formula is C11H15ClN2O2. The van der Waals surface area contributed by atoms with E-state index in [4.69, 9.17) is 16.7 Å². The summed E-state index contributed by atoms with van der Waals surface area (Å²) in [6.07, 6.45) is 0.847. The molecule has 0 saturated carbocycles. The third kappa shape index (κ3) is 3.10. The Labute approximate surface area is 99.6 Å². The van der Waals surface area contributed by atoms with Crippen LogP contribution in [0.2, 0.25) is 5.15 Å². The summed E-state index contributed by atoms with van der Waals surface area (Å²) in [4.78, 5) is 15.0. The van der Waals surface area contributed by atoms with Crippen molar-refractivity contribution < 1.29 is 9.90 Å². The van der Waals surface area contributed by atoms with Gasteiger partial charge in [0.15, 0.2) is 0 Å². The van der Waals surface area contributed by atoms with Crippen LogP contribution in [0.15, 0.2) is 12.1 Å². The van der Waals surface area contributed by atoms with Gasteiger partial charge in [-0.3, -0.25) is 0 Å². The number of aromatic nitrogens is 1. The van der Waals surface area contributed by atoms with Gasteiger partial charge >= 0.3 is 5.97 Å². The molecule has 0 unspecified atom stereocenters. The van der Waals surface area contributed by atoms with Crippen molar-refractivity contribution in [1.82, 2.24) is 4.98 Å². The number of hydrogen-bond donors (Lipinski definition) is 2.